The first-order valence-corrected chi connectivity index (χ1v) is 6.09. The molecule has 0 bridgehead atoms. The Morgan fingerprint density at radius 1 is 1.44 bits per heavy atom. The van der Waals surface area contributed by atoms with Crippen LogP contribution in [0.15, 0.2) is 18.3 Å². The number of nitrogens with zero attached hydrogens (tertiary/aromatic N) is 1. The van der Waals surface area contributed by atoms with Crippen molar-refractivity contribution < 1.29 is 14.3 Å². The van der Waals surface area contributed by atoms with Gasteiger partial charge in [0.05, 0.1) is 18.8 Å². The zero-order valence-corrected chi connectivity index (χ0v) is 11.1. The van der Waals surface area contributed by atoms with E-state index in [1.165, 1.54) is 0 Å². The van der Waals surface area contributed by atoms with Gasteiger partial charge in [-0.25, -0.2) is 4.98 Å². The molecule has 0 aliphatic heterocycles. The van der Waals surface area contributed by atoms with Gasteiger partial charge in [0.1, 0.15) is 5.15 Å². The monoisotopic (exact) mass is 272 g/mol. The van der Waals surface area contributed by atoms with Crippen LogP contribution in [0.3, 0.4) is 0 Å². The van der Waals surface area contributed by atoms with Crippen molar-refractivity contribution in [2.24, 2.45) is 0 Å². The summed E-state index contributed by atoms with van der Waals surface area (Å²) in [6, 6.07) is 3.31. The summed E-state index contributed by atoms with van der Waals surface area (Å²) in [5.41, 5.74) is 0.388. The lowest BCUT2D eigenvalue weighted by molar-refractivity contribution is 0.0688. The second kappa shape index (κ2) is 8.85. The molecule has 0 aliphatic carbocycles. The van der Waals surface area contributed by atoms with Crippen molar-refractivity contribution in [1.29, 1.82) is 0 Å². The molecule has 5 nitrogen and oxygen atoms in total. The standard InChI is InChI=1S/C12H17ClN2O3/c1-17-8-9-18-7-3-6-15-12(16)10-4-2-5-14-11(10)13/h2,4-5H,3,6-9H2,1H3,(H,15,16). The first-order chi connectivity index (χ1) is 8.75. The molecule has 0 unspecified atom stereocenters. The van der Waals surface area contributed by atoms with Gasteiger partial charge in [0.25, 0.3) is 5.91 Å². The van der Waals surface area contributed by atoms with Gasteiger partial charge in [-0.15, -0.1) is 0 Å². The smallest absolute Gasteiger partial charge is 0.254 e. The van der Waals surface area contributed by atoms with Crippen molar-refractivity contribution in [3.05, 3.63) is 29.0 Å². The maximum absolute atomic E-state index is 11.7. The number of ether oxygens (including phenoxy) is 2. The zero-order chi connectivity index (χ0) is 13.2. The fourth-order valence-electron chi connectivity index (χ4n) is 1.27. The number of hydrogen-bond donors (Lipinski definition) is 1. The minimum absolute atomic E-state index is 0.214. The molecule has 0 radical (unpaired) electrons. The number of carbonyl (C=O) groups excluding carboxylic acids is 1. The van der Waals surface area contributed by atoms with Crippen LogP contribution in [0.1, 0.15) is 16.8 Å². The Hall–Kier alpha value is -1.17. The topological polar surface area (TPSA) is 60.5 Å². The average Bonchev–Trinajstić information content (AvgIpc) is 2.38. The van der Waals surface area contributed by atoms with E-state index in [0.29, 0.717) is 31.9 Å². The van der Waals surface area contributed by atoms with Crippen LogP contribution in [0.5, 0.6) is 0 Å². The predicted molar refractivity (Wildman–Crippen MR) is 68.9 cm³/mol. The van der Waals surface area contributed by atoms with Crippen LogP contribution in [0.4, 0.5) is 0 Å². The third kappa shape index (κ3) is 5.44. The van der Waals surface area contributed by atoms with Crippen LogP contribution in [-0.2, 0) is 9.47 Å². The van der Waals surface area contributed by atoms with Crippen molar-refractivity contribution in [1.82, 2.24) is 10.3 Å². The Kier molecular flexibility index (Phi) is 7.32. The number of rotatable bonds is 8. The molecular weight excluding hydrogens is 256 g/mol. The molecule has 6 heteroatoms. The molecule has 1 aromatic heterocycles. The number of carbonyl (C=O) groups is 1. The van der Waals surface area contributed by atoms with E-state index < -0.39 is 0 Å². The number of halogens is 1. The Bertz CT molecular complexity index is 374. The number of aromatic nitrogens is 1. The Labute approximate surface area is 111 Å². The van der Waals surface area contributed by atoms with Crippen LogP contribution in [0, 0.1) is 0 Å². The molecule has 0 aliphatic rings. The highest BCUT2D eigenvalue weighted by Gasteiger charge is 2.09. The van der Waals surface area contributed by atoms with Crippen molar-refractivity contribution >= 4 is 17.5 Å². The largest absolute Gasteiger partial charge is 0.382 e. The lowest BCUT2D eigenvalue weighted by atomic mass is 10.2. The number of pyridine rings is 1. The van der Waals surface area contributed by atoms with E-state index in [1.54, 1.807) is 25.4 Å². The van der Waals surface area contributed by atoms with Gasteiger partial charge < -0.3 is 14.8 Å². The molecule has 0 atom stereocenters. The average molecular weight is 273 g/mol. The molecule has 0 saturated heterocycles. The number of amides is 1. The molecule has 1 rings (SSSR count). The first-order valence-electron chi connectivity index (χ1n) is 5.71. The van der Waals surface area contributed by atoms with E-state index >= 15 is 0 Å². The molecule has 0 fully saturated rings. The molecule has 18 heavy (non-hydrogen) atoms. The second-order valence-electron chi connectivity index (χ2n) is 3.56. The van der Waals surface area contributed by atoms with Crippen LogP contribution < -0.4 is 5.32 Å². The molecule has 0 aromatic carbocycles. The third-order valence-corrected chi connectivity index (χ3v) is 2.49. The quantitative estimate of drug-likeness (QED) is 0.576. The maximum atomic E-state index is 11.7. The summed E-state index contributed by atoms with van der Waals surface area (Å²) in [6.45, 7) is 2.28. The molecule has 0 saturated carbocycles. The van der Waals surface area contributed by atoms with E-state index in [0.717, 1.165) is 6.42 Å². The SMILES string of the molecule is COCCOCCCNC(=O)c1cccnc1Cl. The highest BCUT2D eigenvalue weighted by Crippen LogP contribution is 2.10. The molecule has 1 N–H and O–H groups in total. The molecule has 0 spiro atoms. The van der Waals surface area contributed by atoms with Gasteiger partial charge in [-0.2, -0.15) is 0 Å². The first kappa shape index (κ1) is 14.9. The molecular formula is C12H17ClN2O3. The highest BCUT2D eigenvalue weighted by atomic mass is 35.5. The number of nitrogens with one attached hydrogen (secondary N) is 1. The van der Waals surface area contributed by atoms with Gasteiger partial charge >= 0.3 is 0 Å². The molecule has 1 amide bonds. The van der Waals surface area contributed by atoms with Gasteiger partial charge in [-0.05, 0) is 18.6 Å². The minimum atomic E-state index is -0.218. The number of methoxy groups -OCH3 is 1. The van der Waals surface area contributed by atoms with Gasteiger partial charge in [-0.1, -0.05) is 11.6 Å². The lowest BCUT2D eigenvalue weighted by Gasteiger charge is -2.06. The minimum Gasteiger partial charge on any atom is -0.382 e. The fourth-order valence-corrected chi connectivity index (χ4v) is 1.48. The summed E-state index contributed by atoms with van der Waals surface area (Å²) in [5.74, 6) is -0.218. The Morgan fingerprint density at radius 3 is 3.00 bits per heavy atom. The van der Waals surface area contributed by atoms with E-state index in [4.69, 9.17) is 21.1 Å². The van der Waals surface area contributed by atoms with Crippen LogP contribution in [0.2, 0.25) is 5.15 Å². The Morgan fingerprint density at radius 2 is 2.28 bits per heavy atom. The second-order valence-corrected chi connectivity index (χ2v) is 3.91. The van der Waals surface area contributed by atoms with Crippen molar-refractivity contribution in [2.75, 3.05) is 33.5 Å². The number of hydrogen-bond acceptors (Lipinski definition) is 4. The van der Waals surface area contributed by atoms with Crippen LogP contribution in [-0.4, -0.2) is 44.4 Å². The van der Waals surface area contributed by atoms with Crippen LogP contribution in [0.25, 0.3) is 0 Å². The summed E-state index contributed by atoms with van der Waals surface area (Å²) < 4.78 is 10.1. The lowest BCUT2D eigenvalue weighted by Crippen LogP contribution is -2.25. The van der Waals surface area contributed by atoms with Crippen molar-refractivity contribution in [3.8, 4) is 0 Å². The predicted octanol–water partition coefficient (Wildman–Crippen LogP) is 1.52. The molecule has 100 valence electrons. The van der Waals surface area contributed by atoms with Crippen molar-refractivity contribution in [3.63, 3.8) is 0 Å². The fraction of sp³-hybridized carbons (Fsp3) is 0.500. The maximum Gasteiger partial charge on any atom is 0.254 e. The molecule has 1 aromatic rings. The van der Waals surface area contributed by atoms with Gasteiger partial charge in [-0.3, -0.25) is 4.79 Å². The zero-order valence-electron chi connectivity index (χ0n) is 10.3. The summed E-state index contributed by atoms with van der Waals surface area (Å²) in [6.07, 6.45) is 2.29. The van der Waals surface area contributed by atoms with Crippen LogP contribution >= 0.6 is 11.6 Å². The van der Waals surface area contributed by atoms with Gasteiger partial charge in [0.2, 0.25) is 0 Å². The van der Waals surface area contributed by atoms with Gasteiger partial charge in [0.15, 0.2) is 0 Å². The van der Waals surface area contributed by atoms with E-state index in [1.807, 2.05) is 0 Å². The summed E-state index contributed by atoms with van der Waals surface area (Å²) in [7, 11) is 1.63. The third-order valence-electron chi connectivity index (χ3n) is 2.19. The molecule has 1 heterocycles. The van der Waals surface area contributed by atoms with E-state index in [9.17, 15) is 4.79 Å². The normalized spacial score (nSPS) is 10.3. The Balaban J connectivity index is 2.16. The summed E-state index contributed by atoms with van der Waals surface area (Å²) in [5, 5.41) is 2.97. The summed E-state index contributed by atoms with van der Waals surface area (Å²) in [4.78, 5) is 15.5. The van der Waals surface area contributed by atoms with Crippen molar-refractivity contribution in [2.45, 2.75) is 6.42 Å². The van der Waals surface area contributed by atoms with Gasteiger partial charge in [0, 0.05) is 26.5 Å². The summed E-state index contributed by atoms with van der Waals surface area (Å²) >= 11 is 5.81. The highest BCUT2D eigenvalue weighted by molar-refractivity contribution is 6.32. The van der Waals surface area contributed by atoms with E-state index in [-0.39, 0.29) is 11.1 Å². The van der Waals surface area contributed by atoms with E-state index in [2.05, 4.69) is 10.3 Å².